The number of aliphatic hydroxyl groups is 1. The average molecular weight is 452 g/mol. The van der Waals surface area contributed by atoms with Crippen LogP contribution in [0.25, 0.3) is 0 Å². The van der Waals surface area contributed by atoms with Gasteiger partial charge < -0.3 is 25.3 Å². The fraction of sp³-hybridized carbons (Fsp3) is 0.400. The Kier molecular flexibility index (Phi) is 6.65. The van der Waals surface area contributed by atoms with Crippen LogP contribution in [-0.2, 0) is 17.8 Å². The number of carbonyl (C=O) groups excluding carboxylic acids is 2. The molecular formula is C25H29N3O5. The van der Waals surface area contributed by atoms with Crippen LogP contribution in [-0.4, -0.2) is 58.3 Å². The lowest BCUT2D eigenvalue weighted by Gasteiger charge is -2.24. The molecule has 8 nitrogen and oxygen atoms in total. The van der Waals surface area contributed by atoms with Crippen molar-refractivity contribution in [2.45, 2.75) is 51.3 Å². The summed E-state index contributed by atoms with van der Waals surface area (Å²) in [6.07, 6.45) is 2.15. The summed E-state index contributed by atoms with van der Waals surface area (Å²) in [5, 5.41) is 21.8. The second-order valence-corrected chi connectivity index (χ2v) is 8.74. The lowest BCUT2D eigenvalue weighted by molar-refractivity contribution is -0.141. The number of likely N-dealkylation sites (tertiary alicyclic amines) is 1. The van der Waals surface area contributed by atoms with Gasteiger partial charge in [0.1, 0.15) is 6.04 Å². The normalized spacial score (nSPS) is 20.2. The predicted molar refractivity (Wildman–Crippen MR) is 123 cm³/mol. The highest BCUT2D eigenvalue weighted by Gasteiger charge is 2.38. The molecule has 2 aromatic carbocycles. The molecule has 0 saturated carbocycles. The van der Waals surface area contributed by atoms with E-state index in [-0.39, 0.29) is 25.4 Å². The van der Waals surface area contributed by atoms with Gasteiger partial charge >= 0.3 is 12.0 Å². The molecule has 0 aliphatic carbocycles. The van der Waals surface area contributed by atoms with E-state index in [0.29, 0.717) is 12.1 Å². The first-order chi connectivity index (χ1) is 15.8. The largest absolute Gasteiger partial charge is 0.480 e. The monoisotopic (exact) mass is 451 g/mol. The van der Waals surface area contributed by atoms with E-state index in [1.807, 2.05) is 42.2 Å². The number of aryl methyl sites for hydroxylation is 2. The summed E-state index contributed by atoms with van der Waals surface area (Å²) in [6.45, 7) is 2.75. The number of anilines is 1. The highest BCUT2D eigenvalue weighted by molar-refractivity contribution is 6.06. The average Bonchev–Trinajstić information content (AvgIpc) is 3.07. The Hall–Kier alpha value is -3.39. The number of para-hydroxylation sites is 1. The molecule has 0 spiro atoms. The maximum absolute atomic E-state index is 13.3. The van der Waals surface area contributed by atoms with Crippen LogP contribution < -0.4 is 10.2 Å². The Balaban J connectivity index is 1.45. The second-order valence-electron chi connectivity index (χ2n) is 8.74. The smallest absolute Gasteiger partial charge is 0.326 e. The number of nitrogens with zero attached hydrogens (tertiary/aromatic N) is 2. The number of carboxylic acids is 1. The van der Waals surface area contributed by atoms with Crippen molar-refractivity contribution in [3.63, 3.8) is 0 Å². The van der Waals surface area contributed by atoms with Gasteiger partial charge in [-0.3, -0.25) is 4.79 Å². The number of aliphatic hydroxyl groups excluding tert-OH is 1. The van der Waals surface area contributed by atoms with Crippen molar-refractivity contribution in [1.82, 2.24) is 10.2 Å². The zero-order chi connectivity index (χ0) is 23.5. The van der Waals surface area contributed by atoms with Crippen molar-refractivity contribution in [2.75, 3.05) is 18.0 Å². The molecule has 1 saturated heterocycles. The number of β-amino-alcohol motifs (C(OH)–C–C–N with tert-alkyl or cyclic N) is 1. The van der Waals surface area contributed by atoms with Crippen LogP contribution in [0.1, 0.15) is 46.3 Å². The lowest BCUT2D eigenvalue weighted by Crippen LogP contribution is -2.46. The molecule has 8 heteroatoms. The summed E-state index contributed by atoms with van der Waals surface area (Å²) in [5.74, 6) is -1.17. The standard InChI is InChI=1S/C25H29N3O5/c1-16-12-18(23(30)27-11-5-4-7-17-6-2-3-8-21(17)27)9-10-19(16)14-26-25(33)28-15-20(29)13-22(28)24(31)32/h2-3,6,8-10,12,20,22,29H,4-5,7,11,13-15H2,1H3,(H,26,33)(H,31,32)/t20-,22+/m1/s1. The summed E-state index contributed by atoms with van der Waals surface area (Å²) < 4.78 is 0. The number of aliphatic carboxylic acids is 1. The van der Waals surface area contributed by atoms with Gasteiger partial charge in [0.05, 0.1) is 6.10 Å². The minimum absolute atomic E-state index is 0.00741. The molecule has 3 amide bonds. The van der Waals surface area contributed by atoms with Crippen LogP contribution >= 0.6 is 0 Å². The van der Waals surface area contributed by atoms with Crippen molar-refractivity contribution in [3.8, 4) is 0 Å². The summed E-state index contributed by atoms with van der Waals surface area (Å²) >= 11 is 0. The fourth-order valence-electron chi connectivity index (χ4n) is 4.63. The predicted octanol–water partition coefficient (Wildman–Crippen LogP) is 2.71. The number of carboxylic acid groups (broad SMARTS) is 1. The van der Waals surface area contributed by atoms with Gasteiger partial charge in [-0.05, 0) is 61.1 Å². The summed E-state index contributed by atoms with van der Waals surface area (Å²) in [7, 11) is 0. The van der Waals surface area contributed by atoms with Gasteiger partial charge in [0, 0.05) is 37.3 Å². The van der Waals surface area contributed by atoms with E-state index >= 15 is 0 Å². The third-order valence-corrected chi connectivity index (χ3v) is 6.45. The number of hydrogen-bond donors (Lipinski definition) is 3. The lowest BCUT2D eigenvalue weighted by atomic mass is 10.0. The van der Waals surface area contributed by atoms with Gasteiger partial charge in [0.2, 0.25) is 0 Å². The molecule has 1 fully saturated rings. The Morgan fingerprint density at radius 1 is 1.12 bits per heavy atom. The Morgan fingerprint density at radius 3 is 2.67 bits per heavy atom. The second kappa shape index (κ2) is 9.62. The number of benzene rings is 2. The number of carbonyl (C=O) groups is 3. The van der Waals surface area contributed by atoms with Crippen LogP contribution in [0, 0.1) is 6.92 Å². The third kappa shape index (κ3) is 4.85. The molecule has 4 rings (SSSR count). The van der Waals surface area contributed by atoms with Crippen LogP contribution in [0.5, 0.6) is 0 Å². The maximum Gasteiger partial charge on any atom is 0.326 e. The first-order valence-electron chi connectivity index (χ1n) is 11.3. The van der Waals surface area contributed by atoms with E-state index in [9.17, 15) is 24.6 Å². The highest BCUT2D eigenvalue weighted by Crippen LogP contribution is 2.28. The quantitative estimate of drug-likeness (QED) is 0.662. The molecule has 2 heterocycles. The first-order valence-corrected chi connectivity index (χ1v) is 11.3. The van der Waals surface area contributed by atoms with Gasteiger partial charge in [-0.2, -0.15) is 0 Å². The number of nitrogens with one attached hydrogen (secondary N) is 1. The number of amides is 3. The Morgan fingerprint density at radius 2 is 1.91 bits per heavy atom. The molecule has 0 aromatic heterocycles. The van der Waals surface area contributed by atoms with Gasteiger partial charge in [-0.25, -0.2) is 9.59 Å². The number of urea groups is 1. The van der Waals surface area contributed by atoms with E-state index in [0.717, 1.165) is 41.0 Å². The van der Waals surface area contributed by atoms with Gasteiger partial charge in [-0.15, -0.1) is 0 Å². The van der Waals surface area contributed by atoms with Crippen molar-refractivity contribution >= 4 is 23.6 Å². The van der Waals surface area contributed by atoms with Crippen molar-refractivity contribution < 1.29 is 24.6 Å². The minimum atomic E-state index is -1.13. The van der Waals surface area contributed by atoms with Crippen molar-refractivity contribution in [3.05, 3.63) is 64.7 Å². The maximum atomic E-state index is 13.3. The molecule has 3 N–H and O–H groups in total. The van der Waals surface area contributed by atoms with Crippen LogP contribution in [0.2, 0.25) is 0 Å². The van der Waals surface area contributed by atoms with Gasteiger partial charge in [0.15, 0.2) is 0 Å². The molecule has 0 unspecified atom stereocenters. The highest BCUT2D eigenvalue weighted by atomic mass is 16.4. The molecule has 174 valence electrons. The van der Waals surface area contributed by atoms with Gasteiger partial charge in [0.25, 0.3) is 5.91 Å². The zero-order valence-electron chi connectivity index (χ0n) is 18.7. The number of rotatable bonds is 4. The first kappa shape index (κ1) is 22.8. The van der Waals surface area contributed by atoms with E-state index in [4.69, 9.17) is 0 Å². The number of hydrogen-bond acceptors (Lipinski definition) is 4. The molecule has 2 aromatic rings. The molecule has 33 heavy (non-hydrogen) atoms. The minimum Gasteiger partial charge on any atom is -0.480 e. The van der Waals surface area contributed by atoms with E-state index < -0.39 is 24.1 Å². The Labute approximate surface area is 192 Å². The van der Waals surface area contributed by atoms with E-state index in [1.165, 1.54) is 5.56 Å². The van der Waals surface area contributed by atoms with Gasteiger partial charge in [-0.1, -0.05) is 24.3 Å². The number of fused-ring (bicyclic) bond motifs is 1. The molecule has 2 atom stereocenters. The fourth-order valence-corrected chi connectivity index (χ4v) is 4.63. The molecular weight excluding hydrogens is 422 g/mol. The topological polar surface area (TPSA) is 110 Å². The molecule has 2 aliphatic rings. The van der Waals surface area contributed by atoms with E-state index in [1.54, 1.807) is 6.07 Å². The molecule has 0 bridgehead atoms. The zero-order valence-corrected chi connectivity index (χ0v) is 18.7. The van der Waals surface area contributed by atoms with Crippen LogP contribution in [0.15, 0.2) is 42.5 Å². The SMILES string of the molecule is Cc1cc(C(=O)N2CCCCc3ccccc32)ccc1CNC(=O)N1C[C@H](O)C[C@H]1C(=O)O. The summed E-state index contributed by atoms with van der Waals surface area (Å²) in [4.78, 5) is 40.2. The van der Waals surface area contributed by atoms with Crippen molar-refractivity contribution in [1.29, 1.82) is 0 Å². The van der Waals surface area contributed by atoms with Crippen LogP contribution in [0.3, 0.4) is 0 Å². The Bertz CT molecular complexity index is 1070. The van der Waals surface area contributed by atoms with Crippen LogP contribution in [0.4, 0.5) is 10.5 Å². The summed E-state index contributed by atoms with van der Waals surface area (Å²) in [5.41, 5.74) is 4.44. The summed E-state index contributed by atoms with van der Waals surface area (Å²) in [6, 6.07) is 11.9. The molecule has 0 radical (unpaired) electrons. The third-order valence-electron chi connectivity index (χ3n) is 6.45. The molecule has 2 aliphatic heterocycles. The van der Waals surface area contributed by atoms with Crippen molar-refractivity contribution in [2.24, 2.45) is 0 Å². The van der Waals surface area contributed by atoms with E-state index in [2.05, 4.69) is 11.4 Å².